The molecule has 0 aliphatic carbocycles. The molecule has 0 bridgehead atoms. The van der Waals surface area contributed by atoms with Crippen molar-refractivity contribution in [3.63, 3.8) is 0 Å². The van der Waals surface area contributed by atoms with Gasteiger partial charge in [0.05, 0.1) is 16.8 Å². The van der Waals surface area contributed by atoms with Gasteiger partial charge in [-0.1, -0.05) is 35.9 Å². The van der Waals surface area contributed by atoms with E-state index in [1.165, 1.54) is 24.4 Å². The molecular formula is C25H23ClN4O4. The molecular weight excluding hydrogens is 456 g/mol. The van der Waals surface area contributed by atoms with Crippen LogP contribution in [0.4, 0.5) is 5.69 Å². The van der Waals surface area contributed by atoms with E-state index in [-0.39, 0.29) is 33.3 Å². The summed E-state index contributed by atoms with van der Waals surface area (Å²) < 4.78 is 0. The summed E-state index contributed by atoms with van der Waals surface area (Å²) in [6.45, 7) is 0. The number of carbonyl (C=O) groups is 2. The molecule has 0 fully saturated rings. The van der Waals surface area contributed by atoms with Crippen molar-refractivity contribution in [3.05, 3.63) is 94.1 Å². The molecule has 3 rings (SSSR count). The first-order valence-corrected chi connectivity index (χ1v) is 10.5. The fourth-order valence-electron chi connectivity index (χ4n) is 2.89. The molecule has 9 heteroatoms. The normalized spacial score (nSPS) is 11.3. The van der Waals surface area contributed by atoms with Crippen molar-refractivity contribution < 1.29 is 19.8 Å². The van der Waals surface area contributed by atoms with Crippen molar-refractivity contribution in [3.8, 4) is 11.5 Å². The molecule has 0 aliphatic rings. The number of carbonyl (C=O) groups excluding carboxylic acids is 2. The molecule has 0 saturated carbocycles. The number of rotatable bonds is 7. The number of benzene rings is 3. The highest BCUT2D eigenvalue weighted by atomic mass is 35.5. The van der Waals surface area contributed by atoms with Gasteiger partial charge in [0.25, 0.3) is 11.8 Å². The molecule has 3 aromatic carbocycles. The van der Waals surface area contributed by atoms with E-state index in [1.54, 1.807) is 24.3 Å². The van der Waals surface area contributed by atoms with Crippen molar-refractivity contribution in [2.75, 3.05) is 19.0 Å². The molecule has 2 amide bonds. The van der Waals surface area contributed by atoms with E-state index in [0.29, 0.717) is 5.56 Å². The number of aromatic hydroxyl groups is 2. The minimum absolute atomic E-state index is 0.0606. The van der Waals surface area contributed by atoms with Gasteiger partial charge in [0.2, 0.25) is 0 Å². The molecule has 0 saturated heterocycles. The summed E-state index contributed by atoms with van der Waals surface area (Å²) in [4.78, 5) is 27.6. The zero-order chi connectivity index (χ0) is 24.7. The molecule has 34 heavy (non-hydrogen) atoms. The molecule has 4 N–H and O–H groups in total. The third kappa shape index (κ3) is 6.36. The van der Waals surface area contributed by atoms with Gasteiger partial charge >= 0.3 is 0 Å². The first-order chi connectivity index (χ1) is 16.2. The van der Waals surface area contributed by atoms with E-state index < -0.39 is 11.8 Å². The van der Waals surface area contributed by atoms with Crippen LogP contribution in [0.3, 0.4) is 0 Å². The molecule has 0 heterocycles. The van der Waals surface area contributed by atoms with Crippen molar-refractivity contribution in [1.82, 2.24) is 10.7 Å². The standard InChI is InChI=1S/C25H23ClN4O4/c1-30(2)18-10-7-16(8-11-18)13-22(28-24(33)20-5-3-4-6-21(20)26)25(34)29-27-15-17-9-12-19(31)14-23(17)32/h3-15,31-32H,1-2H3,(H,28,33)(H,29,34)/b22-13+,27-15+. The van der Waals surface area contributed by atoms with Gasteiger partial charge in [-0.05, 0) is 48.0 Å². The SMILES string of the molecule is CN(C)c1ccc(/C=C(/NC(=O)c2ccccc2Cl)C(=O)N/N=C/c2ccc(O)cc2O)cc1. The maximum absolute atomic E-state index is 12.9. The van der Waals surface area contributed by atoms with Crippen LogP contribution in [0.2, 0.25) is 5.02 Å². The Bertz CT molecular complexity index is 1250. The van der Waals surface area contributed by atoms with E-state index >= 15 is 0 Å². The molecule has 3 aromatic rings. The average Bonchev–Trinajstić information content (AvgIpc) is 2.80. The van der Waals surface area contributed by atoms with Gasteiger partial charge in [-0.3, -0.25) is 9.59 Å². The number of nitrogens with one attached hydrogen (secondary N) is 2. The Balaban J connectivity index is 1.85. The van der Waals surface area contributed by atoms with E-state index in [9.17, 15) is 19.8 Å². The minimum Gasteiger partial charge on any atom is -0.508 e. The van der Waals surface area contributed by atoms with E-state index in [1.807, 2.05) is 43.3 Å². The van der Waals surface area contributed by atoms with Crippen molar-refractivity contribution in [1.29, 1.82) is 0 Å². The van der Waals surface area contributed by atoms with E-state index in [4.69, 9.17) is 11.6 Å². The summed E-state index contributed by atoms with van der Waals surface area (Å²) in [6, 6.07) is 17.8. The van der Waals surface area contributed by atoms with Gasteiger partial charge in [-0.25, -0.2) is 5.43 Å². The van der Waals surface area contributed by atoms with Gasteiger partial charge in [-0.2, -0.15) is 5.10 Å². The van der Waals surface area contributed by atoms with E-state index in [2.05, 4.69) is 15.8 Å². The third-order valence-electron chi connectivity index (χ3n) is 4.72. The third-order valence-corrected chi connectivity index (χ3v) is 5.05. The molecule has 0 atom stereocenters. The summed E-state index contributed by atoms with van der Waals surface area (Å²) >= 11 is 6.12. The summed E-state index contributed by atoms with van der Waals surface area (Å²) in [5, 5.41) is 25.9. The summed E-state index contributed by atoms with van der Waals surface area (Å²) in [5.74, 6) is -1.56. The van der Waals surface area contributed by atoms with Crippen LogP contribution in [-0.4, -0.2) is 42.3 Å². The summed E-state index contributed by atoms with van der Waals surface area (Å²) in [7, 11) is 3.83. The highest BCUT2D eigenvalue weighted by Gasteiger charge is 2.16. The fraction of sp³-hybridized carbons (Fsp3) is 0.0800. The quantitative estimate of drug-likeness (QED) is 0.235. The Kier molecular flexibility index (Phi) is 7.89. The lowest BCUT2D eigenvalue weighted by Crippen LogP contribution is -2.33. The maximum Gasteiger partial charge on any atom is 0.287 e. The van der Waals surface area contributed by atoms with Gasteiger partial charge in [0.1, 0.15) is 17.2 Å². The number of hydrogen-bond donors (Lipinski definition) is 4. The Morgan fingerprint density at radius 1 is 1.00 bits per heavy atom. The Morgan fingerprint density at radius 3 is 2.35 bits per heavy atom. The predicted octanol–water partition coefficient (Wildman–Crippen LogP) is 3.74. The monoisotopic (exact) mass is 478 g/mol. The number of hydrogen-bond acceptors (Lipinski definition) is 6. The highest BCUT2D eigenvalue weighted by Crippen LogP contribution is 2.21. The van der Waals surface area contributed by atoms with Crippen LogP contribution in [0, 0.1) is 0 Å². The molecule has 0 radical (unpaired) electrons. The van der Waals surface area contributed by atoms with Gasteiger partial charge in [-0.15, -0.1) is 0 Å². The first kappa shape index (κ1) is 24.3. The molecule has 0 aliphatic heterocycles. The Labute approximate surface area is 201 Å². The largest absolute Gasteiger partial charge is 0.508 e. The average molecular weight is 479 g/mol. The maximum atomic E-state index is 12.9. The first-order valence-electron chi connectivity index (χ1n) is 10.1. The van der Waals surface area contributed by atoms with Crippen LogP contribution in [0.15, 0.2) is 77.5 Å². The van der Waals surface area contributed by atoms with Crippen molar-refractivity contribution >= 4 is 41.4 Å². The number of halogens is 1. The lowest BCUT2D eigenvalue weighted by Gasteiger charge is -2.13. The molecule has 174 valence electrons. The zero-order valence-corrected chi connectivity index (χ0v) is 19.2. The second-order valence-corrected chi connectivity index (χ2v) is 7.83. The molecule has 0 aromatic heterocycles. The Hall–Kier alpha value is -4.30. The van der Waals surface area contributed by atoms with E-state index in [0.717, 1.165) is 11.8 Å². The zero-order valence-electron chi connectivity index (χ0n) is 18.5. The topological polar surface area (TPSA) is 114 Å². The van der Waals surface area contributed by atoms with Crippen molar-refractivity contribution in [2.45, 2.75) is 0 Å². The Morgan fingerprint density at radius 2 is 1.71 bits per heavy atom. The lowest BCUT2D eigenvalue weighted by molar-refractivity contribution is -0.117. The second-order valence-electron chi connectivity index (χ2n) is 7.42. The number of hydrazone groups is 1. The van der Waals surface area contributed by atoms with Crippen LogP contribution in [0.5, 0.6) is 11.5 Å². The number of anilines is 1. The lowest BCUT2D eigenvalue weighted by atomic mass is 10.1. The van der Waals surface area contributed by atoms with Gasteiger partial charge < -0.3 is 20.4 Å². The number of phenols is 2. The molecule has 0 spiro atoms. The van der Waals surface area contributed by atoms with Crippen molar-refractivity contribution in [2.24, 2.45) is 5.10 Å². The van der Waals surface area contributed by atoms with Crippen LogP contribution in [0.25, 0.3) is 6.08 Å². The van der Waals surface area contributed by atoms with Gasteiger partial charge in [0, 0.05) is 31.4 Å². The number of amides is 2. The van der Waals surface area contributed by atoms with Crippen LogP contribution >= 0.6 is 11.6 Å². The summed E-state index contributed by atoms with van der Waals surface area (Å²) in [5.41, 5.74) is 4.41. The van der Waals surface area contributed by atoms with Crippen LogP contribution < -0.4 is 15.6 Å². The number of nitrogens with zero attached hydrogens (tertiary/aromatic N) is 2. The smallest absolute Gasteiger partial charge is 0.287 e. The summed E-state index contributed by atoms with van der Waals surface area (Å²) in [6.07, 6.45) is 2.73. The van der Waals surface area contributed by atoms with Crippen LogP contribution in [0.1, 0.15) is 21.5 Å². The van der Waals surface area contributed by atoms with Crippen LogP contribution in [-0.2, 0) is 4.79 Å². The highest BCUT2D eigenvalue weighted by molar-refractivity contribution is 6.34. The second kappa shape index (κ2) is 11.0. The minimum atomic E-state index is -0.688. The molecule has 0 unspecified atom stereocenters. The predicted molar refractivity (Wildman–Crippen MR) is 133 cm³/mol. The fourth-order valence-corrected chi connectivity index (χ4v) is 3.11. The number of phenolic OH excluding ortho intramolecular Hbond substituents is 2. The molecule has 8 nitrogen and oxygen atoms in total. The van der Waals surface area contributed by atoms with Gasteiger partial charge in [0.15, 0.2) is 0 Å².